The highest BCUT2D eigenvalue weighted by Gasteiger charge is 2.79. The Morgan fingerprint density at radius 1 is 0.742 bits per heavy atom. The molecule has 0 aromatic carbocycles. The normalized spacial score (nSPS) is 13.7. The smallest absolute Gasteiger partial charge is 0.411 e. The third kappa shape index (κ3) is 6.73. The lowest BCUT2D eigenvalue weighted by Gasteiger charge is -2.31. The van der Waals surface area contributed by atoms with E-state index in [4.69, 9.17) is 4.74 Å². The predicted molar refractivity (Wildman–Crippen MR) is 95.8 cm³/mol. The summed E-state index contributed by atoms with van der Waals surface area (Å²) in [6.07, 6.45) is -0.869. The molecule has 0 aliphatic heterocycles. The van der Waals surface area contributed by atoms with Crippen LogP contribution >= 0.6 is 0 Å². The van der Waals surface area contributed by atoms with Gasteiger partial charge in [-0.15, -0.1) is 0 Å². The molecule has 0 aliphatic carbocycles. The zero-order chi connectivity index (χ0) is 25.1. The highest BCUT2D eigenvalue weighted by atomic mass is 19.3. The third-order valence-corrected chi connectivity index (χ3v) is 4.27. The van der Waals surface area contributed by atoms with Crippen molar-refractivity contribution in [2.75, 3.05) is 13.2 Å². The summed E-state index contributed by atoms with van der Waals surface area (Å²) >= 11 is 0. The molecule has 0 saturated heterocycles. The predicted octanol–water partition coefficient (Wildman–Crippen LogP) is 4.39. The molecule has 0 fully saturated rings. The summed E-state index contributed by atoms with van der Waals surface area (Å²) in [5.41, 5.74) is -2.16. The molecule has 0 rings (SSSR count). The van der Waals surface area contributed by atoms with Gasteiger partial charge in [0.2, 0.25) is 0 Å². The van der Waals surface area contributed by atoms with E-state index in [2.05, 4.69) is 9.47 Å². The molecule has 0 heterocycles. The van der Waals surface area contributed by atoms with E-state index in [-0.39, 0.29) is 0 Å². The summed E-state index contributed by atoms with van der Waals surface area (Å²) < 4.78 is 95.7. The molecule has 0 aromatic heterocycles. The molecule has 0 radical (unpaired) electrons. The molecule has 0 atom stereocenters. The van der Waals surface area contributed by atoms with Crippen LogP contribution in [0.1, 0.15) is 54.9 Å². The quantitative estimate of drug-likeness (QED) is 0.255. The van der Waals surface area contributed by atoms with Gasteiger partial charge in [0.05, 0.1) is 24.7 Å². The van der Waals surface area contributed by atoms with E-state index in [0.717, 1.165) is 13.8 Å². The number of rotatable bonds is 11. The second-order valence-corrected chi connectivity index (χ2v) is 8.73. The summed E-state index contributed by atoms with van der Waals surface area (Å²) in [5, 5.41) is 0. The SMILES string of the molecule is CCC(C)(C)C(=O)OCC(C)(C)COC(=O)C(F)(F)C(F)(F)C(F)(F)C(=O)OC(C)C. The van der Waals surface area contributed by atoms with Gasteiger partial charge in [0.1, 0.15) is 0 Å². The van der Waals surface area contributed by atoms with Crippen molar-refractivity contribution in [1.29, 1.82) is 0 Å². The number of carbonyl (C=O) groups is 3. The van der Waals surface area contributed by atoms with Crippen LogP contribution in [0.3, 0.4) is 0 Å². The van der Waals surface area contributed by atoms with E-state index >= 15 is 0 Å². The van der Waals surface area contributed by atoms with Gasteiger partial charge in [0, 0.05) is 5.41 Å². The van der Waals surface area contributed by atoms with Gasteiger partial charge in [-0.25, -0.2) is 9.59 Å². The lowest BCUT2D eigenvalue weighted by molar-refractivity contribution is -0.302. The number of halogens is 6. The van der Waals surface area contributed by atoms with Gasteiger partial charge >= 0.3 is 35.7 Å². The van der Waals surface area contributed by atoms with Gasteiger partial charge in [-0.2, -0.15) is 26.3 Å². The maximum absolute atomic E-state index is 13.9. The summed E-state index contributed by atoms with van der Waals surface area (Å²) in [6.45, 7) is 8.20. The number of alkyl halides is 6. The van der Waals surface area contributed by atoms with Crippen molar-refractivity contribution in [2.45, 2.75) is 78.8 Å². The van der Waals surface area contributed by atoms with Crippen LogP contribution in [0, 0.1) is 10.8 Å². The maximum atomic E-state index is 13.9. The Hall–Kier alpha value is -2.01. The Labute approximate surface area is 176 Å². The Balaban J connectivity index is 5.27. The fourth-order valence-corrected chi connectivity index (χ4v) is 1.74. The zero-order valence-corrected chi connectivity index (χ0v) is 18.4. The first-order valence-corrected chi connectivity index (χ1v) is 9.34. The van der Waals surface area contributed by atoms with Crippen molar-refractivity contribution >= 4 is 17.9 Å². The first kappa shape index (κ1) is 29.0. The zero-order valence-electron chi connectivity index (χ0n) is 18.4. The van der Waals surface area contributed by atoms with E-state index in [1.165, 1.54) is 13.8 Å². The highest BCUT2D eigenvalue weighted by Crippen LogP contribution is 2.47. The molecule has 12 heteroatoms. The monoisotopic (exact) mass is 466 g/mol. The van der Waals surface area contributed by atoms with E-state index in [1.807, 2.05) is 0 Å². The highest BCUT2D eigenvalue weighted by molar-refractivity contribution is 5.84. The van der Waals surface area contributed by atoms with Crippen LogP contribution in [0.2, 0.25) is 0 Å². The first-order chi connectivity index (χ1) is 13.7. The minimum atomic E-state index is -6.43. The van der Waals surface area contributed by atoms with Crippen LogP contribution in [0.25, 0.3) is 0 Å². The van der Waals surface area contributed by atoms with Crippen molar-refractivity contribution in [3.05, 3.63) is 0 Å². The molecule has 0 bridgehead atoms. The number of esters is 3. The fourth-order valence-electron chi connectivity index (χ4n) is 1.74. The van der Waals surface area contributed by atoms with Crippen molar-refractivity contribution < 1.29 is 54.9 Å². The molecular weight excluding hydrogens is 438 g/mol. The van der Waals surface area contributed by atoms with Crippen LogP contribution in [-0.2, 0) is 28.6 Å². The molecule has 0 saturated carbocycles. The van der Waals surface area contributed by atoms with Gasteiger partial charge in [-0.05, 0) is 34.1 Å². The van der Waals surface area contributed by atoms with Gasteiger partial charge in [0.25, 0.3) is 0 Å². The fraction of sp³-hybridized carbons (Fsp3) is 0.842. The average molecular weight is 466 g/mol. The summed E-state index contributed by atoms with van der Waals surface area (Å²) in [4.78, 5) is 34.7. The van der Waals surface area contributed by atoms with Crippen LogP contribution in [-0.4, -0.2) is 55.0 Å². The van der Waals surface area contributed by atoms with E-state index in [0.29, 0.717) is 6.42 Å². The molecule has 31 heavy (non-hydrogen) atoms. The van der Waals surface area contributed by atoms with Crippen LogP contribution in [0.5, 0.6) is 0 Å². The molecule has 0 unspecified atom stereocenters. The van der Waals surface area contributed by atoms with Crippen molar-refractivity contribution in [1.82, 2.24) is 0 Å². The van der Waals surface area contributed by atoms with E-state index in [1.54, 1.807) is 20.8 Å². The van der Waals surface area contributed by atoms with Gasteiger partial charge < -0.3 is 14.2 Å². The topological polar surface area (TPSA) is 78.9 Å². The molecule has 0 amide bonds. The molecule has 6 nitrogen and oxygen atoms in total. The van der Waals surface area contributed by atoms with Crippen molar-refractivity contribution in [2.24, 2.45) is 10.8 Å². The molecule has 0 spiro atoms. The summed E-state index contributed by atoms with van der Waals surface area (Å²) in [6, 6.07) is 0. The minimum absolute atomic E-state index is 0.427. The van der Waals surface area contributed by atoms with Crippen LogP contribution in [0.4, 0.5) is 26.3 Å². The van der Waals surface area contributed by atoms with Gasteiger partial charge in [-0.3, -0.25) is 4.79 Å². The molecule has 0 aromatic rings. The summed E-state index contributed by atoms with van der Waals surface area (Å²) in [5.74, 6) is -25.0. The molecule has 0 N–H and O–H groups in total. The number of ether oxygens (including phenoxy) is 3. The molecule has 182 valence electrons. The van der Waals surface area contributed by atoms with Gasteiger partial charge in [-0.1, -0.05) is 20.8 Å². The van der Waals surface area contributed by atoms with Gasteiger partial charge in [0.15, 0.2) is 0 Å². The van der Waals surface area contributed by atoms with Crippen molar-refractivity contribution in [3.63, 3.8) is 0 Å². The minimum Gasteiger partial charge on any atom is -0.465 e. The Morgan fingerprint density at radius 2 is 1.13 bits per heavy atom. The van der Waals surface area contributed by atoms with Crippen molar-refractivity contribution in [3.8, 4) is 0 Å². The average Bonchev–Trinajstić information content (AvgIpc) is 2.63. The lowest BCUT2D eigenvalue weighted by atomic mass is 9.90. The Kier molecular flexibility index (Phi) is 9.02. The maximum Gasteiger partial charge on any atom is 0.411 e. The third-order valence-electron chi connectivity index (χ3n) is 4.27. The molecular formula is C19H28F6O6. The number of carbonyl (C=O) groups excluding carboxylic acids is 3. The Bertz CT molecular complexity index is 673. The molecule has 0 aliphatic rings. The second kappa shape index (κ2) is 9.64. The van der Waals surface area contributed by atoms with Crippen LogP contribution in [0.15, 0.2) is 0 Å². The standard InChI is InChI=1S/C19H28F6O6/c1-8-16(6,7)12(26)29-9-15(4,5)10-30-13(27)17(20,21)19(24,25)18(22,23)14(28)31-11(2)3/h11H,8-10H2,1-7H3. The summed E-state index contributed by atoms with van der Waals surface area (Å²) in [7, 11) is 0. The second-order valence-electron chi connectivity index (χ2n) is 8.73. The largest absolute Gasteiger partial charge is 0.465 e. The van der Waals surface area contributed by atoms with E-state index in [9.17, 15) is 40.7 Å². The Morgan fingerprint density at radius 3 is 1.52 bits per heavy atom. The number of hydrogen-bond acceptors (Lipinski definition) is 6. The first-order valence-electron chi connectivity index (χ1n) is 9.34. The van der Waals surface area contributed by atoms with E-state index < -0.39 is 65.8 Å². The number of hydrogen-bond donors (Lipinski definition) is 0. The lowest BCUT2D eigenvalue weighted by Crippen LogP contribution is -2.62. The van der Waals surface area contributed by atoms with Crippen LogP contribution < -0.4 is 0 Å².